The molecule has 0 saturated carbocycles. The third kappa shape index (κ3) is 3.54. The second-order valence-electron chi connectivity index (χ2n) is 4.98. The van der Waals surface area contributed by atoms with Gasteiger partial charge in [0.25, 0.3) is 5.91 Å². The Morgan fingerprint density at radius 2 is 2.16 bits per heavy atom. The fourth-order valence-corrected chi connectivity index (χ4v) is 2.02. The molecule has 0 atom stereocenters. The molecule has 2 N–H and O–H groups in total. The fraction of sp³-hybridized carbons (Fsp3) is 0.429. The molecule has 0 fully saturated rings. The lowest BCUT2D eigenvalue weighted by molar-refractivity contribution is -0.116. The summed E-state index contributed by atoms with van der Waals surface area (Å²) in [6, 6.07) is 5.41. The van der Waals surface area contributed by atoms with Gasteiger partial charge in [0, 0.05) is 30.8 Å². The molecule has 0 aliphatic carbocycles. The first-order valence-corrected chi connectivity index (χ1v) is 6.42. The van der Waals surface area contributed by atoms with Crippen LogP contribution in [0.25, 0.3) is 0 Å². The van der Waals surface area contributed by atoms with E-state index < -0.39 is 0 Å². The van der Waals surface area contributed by atoms with Crippen LogP contribution < -0.4 is 10.6 Å². The normalized spacial score (nSPS) is 13.9. The highest BCUT2D eigenvalue weighted by Crippen LogP contribution is 2.23. The van der Waals surface area contributed by atoms with Gasteiger partial charge in [0.2, 0.25) is 5.91 Å². The van der Waals surface area contributed by atoms with Crippen molar-refractivity contribution in [3.05, 3.63) is 29.3 Å². The second kappa shape index (κ2) is 5.84. The van der Waals surface area contributed by atoms with Gasteiger partial charge in [-0.1, -0.05) is 0 Å². The van der Waals surface area contributed by atoms with Gasteiger partial charge in [0.1, 0.15) is 0 Å². The molecular formula is C14H19N3O2. The first kappa shape index (κ1) is 13.5. The van der Waals surface area contributed by atoms with Gasteiger partial charge in [-0.2, -0.15) is 0 Å². The summed E-state index contributed by atoms with van der Waals surface area (Å²) in [4.78, 5) is 25.2. The highest BCUT2D eigenvalue weighted by atomic mass is 16.2. The van der Waals surface area contributed by atoms with Crippen LogP contribution in [0.15, 0.2) is 18.2 Å². The molecule has 2 rings (SSSR count). The predicted molar refractivity (Wildman–Crippen MR) is 74.3 cm³/mol. The summed E-state index contributed by atoms with van der Waals surface area (Å²) in [5, 5.41) is 5.68. The van der Waals surface area contributed by atoms with E-state index in [-0.39, 0.29) is 11.8 Å². The first-order valence-electron chi connectivity index (χ1n) is 6.42. The lowest BCUT2D eigenvalue weighted by Crippen LogP contribution is -2.31. The van der Waals surface area contributed by atoms with E-state index in [4.69, 9.17) is 0 Å². The minimum Gasteiger partial charge on any atom is -0.351 e. The molecule has 0 aromatic heterocycles. The lowest BCUT2D eigenvalue weighted by Gasteiger charge is -2.17. The third-order valence-corrected chi connectivity index (χ3v) is 3.11. The minimum absolute atomic E-state index is 0.0377. The zero-order chi connectivity index (χ0) is 13.8. The summed E-state index contributed by atoms with van der Waals surface area (Å²) in [7, 11) is 3.93. The standard InChI is InChI=1S/C14H19N3O2/c1-17(2)8-7-15-14(19)11-3-5-12-10(9-11)4-6-13(18)16-12/h3,5,9H,4,6-8H2,1-2H3,(H,15,19)(H,16,18). The van der Waals surface area contributed by atoms with E-state index in [1.807, 2.05) is 25.1 Å². The van der Waals surface area contributed by atoms with Gasteiger partial charge in [-0.25, -0.2) is 0 Å². The molecule has 0 unspecified atom stereocenters. The zero-order valence-electron chi connectivity index (χ0n) is 11.3. The number of hydrogen-bond acceptors (Lipinski definition) is 3. The molecule has 2 amide bonds. The summed E-state index contributed by atoms with van der Waals surface area (Å²) < 4.78 is 0. The van der Waals surface area contributed by atoms with Crippen molar-refractivity contribution in [3.8, 4) is 0 Å². The minimum atomic E-state index is -0.0680. The Morgan fingerprint density at radius 3 is 2.89 bits per heavy atom. The number of benzene rings is 1. The molecule has 1 aromatic rings. The van der Waals surface area contributed by atoms with Crippen LogP contribution in [-0.2, 0) is 11.2 Å². The number of nitrogens with one attached hydrogen (secondary N) is 2. The maximum absolute atomic E-state index is 12.0. The van der Waals surface area contributed by atoms with Crippen LogP contribution in [-0.4, -0.2) is 43.9 Å². The zero-order valence-corrected chi connectivity index (χ0v) is 11.3. The molecule has 0 bridgehead atoms. The van der Waals surface area contributed by atoms with Gasteiger partial charge in [-0.3, -0.25) is 9.59 Å². The molecule has 19 heavy (non-hydrogen) atoms. The summed E-state index contributed by atoms with van der Waals surface area (Å²) in [6.07, 6.45) is 1.18. The Kier molecular flexibility index (Phi) is 4.16. The van der Waals surface area contributed by atoms with Gasteiger partial charge in [-0.15, -0.1) is 0 Å². The van der Waals surface area contributed by atoms with Crippen molar-refractivity contribution < 1.29 is 9.59 Å². The first-order chi connectivity index (χ1) is 9.06. The molecule has 0 radical (unpaired) electrons. The number of carbonyl (C=O) groups is 2. The number of rotatable bonds is 4. The van der Waals surface area contributed by atoms with E-state index in [0.717, 1.165) is 17.8 Å². The number of carbonyl (C=O) groups excluding carboxylic acids is 2. The molecule has 0 spiro atoms. The number of nitrogens with zero attached hydrogens (tertiary/aromatic N) is 1. The van der Waals surface area contributed by atoms with Crippen LogP contribution >= 0.6 is 0 Å². The van der Waals surface area contributed by atoms with Gasteiger partial charge >= 0.3 is 0 Å². The number of aryl methyl sites for hydroxylation is 1. The van der Waals surface area contributed by atoms with E-state index in [2.05, 4.69) is 10.6 Å². The summed E-state index contributed by atoms with van der Waals surface area (Å²) in [6.45, 7) is 1.44. The average Bonchev–Trinajstić information content (AvgIpc) is 2.37. The number of fused-ring (bicyclic) bond motifs is 1. The molecule has 1 heterocycles. The summed E-state index contributed by atoms with van der Waals surface area (Å²) in [5.74, 6) is -0.0303. The maximum Gasteiger partial charge on any atom is 0.251 e. The van der Waals surface area contributed by atoms with E-state index in [0.29, 0.717) is 24.9 Å². The van der Waals surface area contributed by atoms with Gasteiger partial charge < -0.3 is 15.5 Å². The van der Waals surface area contributed by atoms with E-state index >= 15 is 0 Å². The van der Waals surface area contributed by atoms with Crippen LogP contribution in [0.2, 0.25) is 0 Å². The van der Waals surface area contributed by atoms with Crippen molar-refractivity contribution >= 4 is 17.5 Å². The third-order valence-electron chi connectivity index (χ3n) is 3.11. The Bertz CT molecular complexity index is 497. The number of anilines is 1. The molecule has 1 aliphatic heterocycles. The Hall–Kier alpha value is -1.88. The number of likely N-dealkylation sites (N-methyl/N-ethyl adjacent to an activating group) is 1. The molecule has 1 aliphatic rings. The highest BCUT2D eigenvalue weighted by Gasteiger charge is 2.16. The molecule has 102 valence electrons. The predicted octanol–water partition coefficient (Wildman–Crippen LogP) is 0.863. The Morgan fingerprint density at radius 1 is 1.37 bits per heavy atom. The van der Waals surface area contributed by atoms with Gasteiger partial charge in [-0.05, 0) is 44.3 Å². The van der Waals surface area contributed by atoms with Crippen LogP contribution in [0.3, 0.4) is 0 Å². The maximum atomic E-state index is 12.0. The van der Waals surface area contributed by atoms with Crippen LogP contribution in [0.4, 0.5) is 5.69 Å². The van der Waals surface area contributed by atoms with Crippen molar-refractivity contribution in [1.82, 2.24) is 10.2 Å². The number of hydrogen-bond donors (Lipinski definition) is 2. The van der Waals surface area contributed by atoms with Crippen LogP contribution in [0.5, 0.6) is 0 Å². The van der Waals surface area contributed by atoms with Crippen molar-refractivity contribution in [2.75, 3.05) is 32.5 Å². The SMILES string of the molecule is CN(C)CCNC(=O)c1ccc2c(c1)CCC(=O)N2. The van der Waals surface area contributed by atoms with E-state index in [1.165, 1.54) is 0 Å². The summed E-state index contributed by atoms with van der Waals surface area (Å²) in [5.41, 5.74) is 2.50. The fourth-order valence-electron chi connectivity index (χ4n) is 2.02. The Balaban J connectivity index is 2.01. The quantitative estimate of drug-likeness (QED) is 0.845. The smallest absolute Gasteiger partial charge is 0.251 e. The molecule has 1 aromatic carbocycles. The average molecular weight is 261 g/mol. The van der Waals surface area contributed by atoms with E-state index in [9.17, 15) is 9.59 Å². The monoisotopic (exact) mass is 261 g/mol. The molecular weight excluding hydrogens is 242 g/mol. The van der Waals surface area contributed by atoms with Gasteiger partial charge in [0.05, 0.1) is 0 Å². The van der Waals surface area contributed by atoms with Crippen molar-refractivity contribution in [2.24, 2.45) is 0 Å². The lowest BCUT2D eigenvalue weighted by atomic mass is 10.00. The molecule has 5 nitrogen and oxygen atoms in total. The Labute approximate surface area is 113 Å². The van der Waals surface area contributed by atoms with Crippen molar-refractivity contribution in [1.29, 1.82) is 0 Å². The van der Waals surface area contributed by atoms with Crippen LogP contribution in [0, 0.1) is 0 Å². The largest absolute Gasteiger partial charge is 0.351 e. The van der Waals surface area contributed by atoms with E-state index in [1.54, 1.807) is 12.1 Å². The number of amides is 2. The highest BCUT2D eigenvalue weighted by molar-refractivity contribution is 5.97. The second-order valence-corrected chi connectivity index (χ2v) is 4.98. The molecule has 5 heteroatoms. The molecule has 0 saturated heterocycles. The topological polar surface area (TPSA) is 61.4 Å². The van der Waals surface area contributed by atoms with Crippen molar-refractivity contribution in [3.63, 3.8) is 0 Å². The van der Waals surface area contributed by atoms with Crippen LogP contribution in [0.1, 0.15) is 22.3 Å². The van der Waals surface area contributed by atoms with Crippen molar-refractivity contribution in [2.45, 2.75) is 12.8 Å². The summed E-state index contributed by atoms with van der Waals surface area (Å²) >= 11 is 0. The van der Waals surface area contributed by atoms with Gasteiger partial charge in [0.15, 0.2) is 0 Å².